The zero-order valence-electron chi connectivity index (χ0n) is 13.9. The minimum Gasteiger partial charge on any atom is -0.352 e. The lowest BCUT2D eigenvalue weighted by Crippen LogP contribution is -2.24. The Balaban J connectivity index is 1.44. The summed E-state index contributed by atoms with van der Waals surface area (Å²) in [5, 5.41) is 3.99. The van der Waals surface area contributed by atoms with Crippen molar-refractivity contribution in [1.82, 2.24) is 10.3 Å². The number of thioether (sulfide) groups is 1. The van der Waals surface area contributed by atoms with Crippen LogP contribution >= 0.6 is 11.8 Å². The number of aromatic nitrogens is 1. The van der Waals surface area contributed by atoms with Crippen molar-refractivity contribution in [3.63, 3.8) is 0 Å². The molecule has 1 N–H and O–H groups in total. The molecule has 0 aliphatic carbocycles. The first kappa shape index (κ1) is 17.2. The van der Waals surface area contributed by atoms with Gasteiger partial charge in [-0.15, -0.1) is 11.8 Å². The van der Waals surface area contributed by atoms with E-state index >= 15 is 0 Å². The SMILES string of the molecule is O=C(NCCCSc1ccccn1)c1ccc(-c2ccccc2)cc1. The van der Waals surface area contributed by atoms with Gasteiger partial charge in [-0.05, 0) is 41.8 Å². The summed E-state index contributed by atoms with van der Waals surface area (Å²) in [6, 6.07) is 23.8. The summed E-state index contributed by atoms with van der Waals surface area (Å²) < 4.78 is 0. The molecule has 25 heavy (non-hydrogen) atoms. The Morgan fingerprint density at radius 1 is 0.880 bits per heavy atom. The molecule has 3 rings (SSSR count). The van der Waals surface area contributed by atoms with Gasteiger partial charge in [0.05, 0.1) is 5.03 Å². The van der Waals surface area contributed by atoms with Crippen molar-refractivity contribution >= 4 is 17.7 Å². The minimum atomic E-state index is -0.0255. The van der Waals surface area contributed by atoms with Crippen molar-refractivity contribution in [1.29, 1.82) is 0 Å². The van der Waals surface area contributed by atoms with Crippen molar-refractivity contribution in [3.8, 4) is 11.1 Å². The molecule has 0 aliphatic heterocycles. The van der Waals surface area contributed by atoms with E-state index in [4.69, 9.17) is 0 Å². The maximum atomic E-state index is 12.2. The topological polar surface area (TPSA) is 42.0 Å². The van der Waals surface area contributed by atoms with Gasteiger partial charge >= 0.3 is 0 Å². The van der Waals surface area contributed by atoms with E-state index in [-0.39, 0.29) is 5.91 Å². The van der Waals surface area contributed by atoms with Crippen molar-refractivity contribution < 1.29 is 4.79 Å². The highest BCUT2D eigenvalue weighted by molar-refractivity contribution is 7.99. The lowest BCUT2D eigenvalue weighted by molar-refractivity contribution is 0.0954. The number of carbonyl (C=O) groups excluding carboxylic acids is 1. The van der Waals surface area contributed by atoms with E-state index in [1.54, 1.807) is 18.0 Å². The molecule has 0 aliphatic rings. The molecule has 0 fully saturated rings. The molecule has 0 saturated heterocycles. The second-order valence-electron chi connectivity index (χ2n) is 5.57. The second kappa shape index (κ2) is 9.04. The number of nitrogens with one attached hydrogen (secondary N) is 1. The van der Waals surface area contributed by atoms with E-state index in [0.29, 0.717) is 12.1 Å². The fraction of sp³-hybridized carbons (Fsp3) is 0.143. The molecule has 3 nitrogen and oxygen atoms in total. The Bertz CT molecular complexity index is 789. The molecular weight excluding hydrogens is 328 g/mol. The van der Waals surface area contributed by atoms with Crippen molar-refractivity contribution in [3.05, 3.63) is 84.6 Å². The van der Waals surface area contributed by atoms with Gasteiger partial charge in [0.15, 0.2) is 0 Å². The van der Waals surface area contributed by atoms with E-state index in [1.165, 1.54) is 0 Å². The van der Waals surface area contributed by atoms with Crippen LogP contribution in [-0.4, -0.2) is 23.2 Å². The number of pyridine rings is 1. The summed E-state index contributed by atoms with van der Waals surface area (Å²) in [4.78, 5) is 16.5. The normalized spacial score (nSPS) is 10.4. The lowest BCUT2D eigenvalue weighted by atomic mass is 10.0. The van der Waals surface area contributed by atoms with Gasteiger partial charge in [-0.25, -0.2) is 4.98 Å². The first-order valence-corrected chi connectivity index (χ1v) is 9.29. The van der Waals surface area contributed by atoms with Crippen LogP contribution in [0.5, 0.6) is 0 Å². The summed E-state index contributed by atoms with van der Waals surface area (Å²) in [5.41, 5.74) is 2.96. The fourth-order valence-electron chi connectivity index (χ4n) is 2.43. The van der Waals surface area contributed by atoms with E-state index in [0.717, 1.165) is 28.3 Å². The molecule has 0 bridgehead atoms. The number of benzene rings is 2. The largest absolute Gasteiger partial charge is 0.352 e. The van der Waals surface area contributed by atoms with Gasteiger partial charge in [0.25, 0.3) is 5.91 Å². The van der Waals surface area contributed by atoms with Gasteiger partial charge in [0, 0.05) is 24.1 Å². The Kier molecular flexibility index (Phi) is 6.23. The number of nitrogens with zero attached hydrogens (tertiary/aromatic N) is 1. The van der Waals surface area contributed by atoms with Crippen molar-refractivity contribution in [2.75, 3.05) is 12.3 Å². The molecule has 1 amide bonds. The zero-order chi connectivity index (χ0) is 17.3. The molecule has 0 atom stereocenters. The van der Waals surface area contributed by atoms with E-state index < -0.39 is 0 Å². The van der Waals surface area contributed by atoms with Crippen LogP contribution in [0.3, 0.4) is 0 Å². The first-order chi connectivity index (χ1) is 12.3. The third-order valence-electron chi connectivity index (χ3n) is 3.75. The van der Waals surface area contributed by atoms with E-state index in [2.05, 4.69) is 22.4 Å². The van der Waals surface area contributed by atoms with Crippen molar-refractivity contribution in [2.45, 2.75) is 11.4 Å². The number of carbonyl (C=O) groups is 1. The molecule has 1 aromatic heterocycles. The number of rotatable bonds is 7. The van der Waals surface area contributed by atoms with Gasteiger partial charge in [-0.2, -0.15) is 0 Å². The third-order valence-corrected chi connectivity index (χ3v) is 4.78. The van der Waals surface area contributed by atoms with Gasteiger partial charge in [0.2, 0.25) is 0 Å². The van der Waals surface area contributed by atoms with Gasteiger partial charge in [-0.3, -0.25) is 4.79 Å². The van der Waals surface area contributed by atoms with Gasteiger partial charge in [-0.1, -0.05) is 48.5 Å². The molecule has 2 aromatic carbocycles. The molecular formula is C21H20N2OS. The Morgan fingerprint density at radius 3 is 2.32 bits per heavy atom. The lowest BCUT2D eigenvalue weighted by Gasteiger charge is -2.06. The number of hydrogen-bond donors (Lipinski definition) is 1. The molecule has 126 valence electrons. The third kappa shape index (κ3) is 5.19. The number of amides is 1. The van der Waals surface area contributed by atoms with Crippen LogP contribution in [0.15, 0.2) is 84.0 Å². The zero-order valence-corrected chi connectivity index (χ0v) is 14.7. The first-order valence-electron chi connectivity index (χ1n) is 8.30. The fourth-order valence-corrected chi connectivity index (χ4v) is 3.24. The van der Waals surface area contributed by atoms with Gasteiger partial charge < -0.3 is 5.32 Å². The minimum absolute atomic E-state index is 0.0255. The maximum Gasteiger partial charge on any atom is 0.251 e. The highest BCUT2D eigenvalue weighted by Gasteiger charge is 2.05. The quantitative estimate of drug-likeness (QED) is 0.499. The molecule has 0 unspecified atom stereocenters. The van der Waals surface area contributed by atoms with Crippen LogP contribution in [0.2, 0.25) is 0 Å². The molecule has 0 radical (unpaired) electrons. The summed E-state index contributed by atoms with van der Waals surface area (Å²) in [6.45, 7) is 0.666. The van der Waals surface area contributed by atoms with Gasteiger partial charge in [0.1, 0.15) is 0 Å². The summed E-state index contributed by atoms with van der Waals surface area (Å²) in [6.07, 6.45) is 2.71. The second-order valence-corrected chi connectivity index (χ2v) is 6.68. The van der Waals surface area contributed by atoms with E-state index in [1.807, 2.05) is 60.7 Å². The molecule has 4 heteroatoms. The van der Waals surface area contributed by atoms with Crippen LogP contribution in [-0.2, 0) is 0 Å². The van der Waals surface area contributed by atoms with Crippen LogP contribution in [0.4, 0.5) is 0 Å². The van der Waals surface area contributed by atoms with Crippen LogP contribution in [0.25, 0.3) is 11.1 Å². The van der Waals surface area contributed by atoms with Crippen molar-refractivity contribution in [2.24, 2.45) is 0 Å². The Labute approximate surface area is 152 Å². The average Bonchev–Trinajstić information content (AvgIpc) is 2.69. The monoisotopic (exact) mass is 348 g/mol. The van der Waals surface area contributed by atoms with E-state index in [9.17, 15) is 4.79 Å². The smallest absolute Gasteiger partial charge is 0.251 e. The molecule has 3 aromatic rings. The summed E-state index contributed by atoms with van der Waals surface area (Å²) in [5.74, 6) is 0.909. The predicted molar refractivity (Wildman–Crippen MR) is 104 cm³/mol. The van der Waals surface area contributed by atoms with Crippen LogP contribution in [0, 0.1) is 0 Å². The molecule has 0 saturated carbocycles. The summed E-state index contributed by atoms with van der Waals surface area (Å²) >= 11 is 1.71. The highest BCUT2D eigenvalue weighted by atomic mass is 32.2. The Hall–Kier alpha value is -2.59. The summed E-state index contributed by atoms with van der Waals surface area (Å²) in [7, 11) is 0. The predicted octanol–water partition coefficient (Wildman–Crippen LogP) is 4.66. The Morgan fingerprint density at radius 2 is 1.60 bits per heavy atom. The highest BCUT2D eigenvalue weighted by Crippen LogP contribution is 2.19. The van der Waals surface area contributed by atoms with Crippen LogP contribution in [0.1, 0.15) is 16.8 Å². The molecule has 0 spiro atoms. The molecule has 1 heterocycles. The maximum absolute atomic E-state index is 12.2. The number of hydrogen-bond acceptors (Lipinski definition) is 3. The van der Waals surface area contributed by atoms with Crippen LogP contribution < -0.4 is 5.32 Å². The average molecular weight is 348 g/mol. The standard InChI is InChI=1S/C21H20N2OS/c24-21(23-15-6-16-25-20-9-4-5-14-22-20)19-12-10-18(11-13-19)17-7-2-1-3-8-17/h1-5,7-14H,6,15-16H2,(H,23,24).